The van der Waals surface area contributed by atoms with Crippen LogP contribution in [0.1, 0.15) is 6.92 Å². The van der Waals surface area contributed by atoms with Gasteiger partial charge in [0.2, 0.25) is 0 Å². The summed E-state index contributed by atoms with van der Waals surface area (Å²) >= 11 is 0. The minimum absolute atomic E-state index is 0.169. The molecule has 0 amide bonds. The molecule has 0 unspecified atom stereocenters. The van der Waals surface area contributed by atoms with Crippen molar-refractivity contribution in [3.8, 4) is 0 Å². The van der Waals surface area contributed by atoms with Crippen LogP contribution in [-0.2, 0) is 4.79 Å². The van der Waals surface area contributed by atoms with Gasteiger partial charge in [-0.2, -0.15) is 0 Å². The predicted octanol–water partition coefficient (Wildman–Crippen LogP) is 0.841. The molecule has 0 aromatic carbocycles. The molecule has 0 atom stereocenters. The SMILES string of the molecule is C=CC(=O)[Si]CC. The summed E-state index contributed by atoms with van der Waals surface area (Å²) in [5, 5.41) is 0.169. The lowest BCUT2D eigenvalue weighted by molar-refractivity contribution is -0.108. The molecule has 0 N–H and O–H groups in total. The van der Waals surface area contributed by atoms with Gasteiger partial charge in [0.05, 0.1) is 0 Å². The van der Waals surface area contributed by atoms with Gasteiger partial charge in [-0.05, 0) is 6.08 Å². The highest BCUT2D eigenvalue weighted by atomic mass is 28.2. The molecule has 2 radical (unpaired) electrons. The van der Waals surface area contributed by atoms with Gasteiger partial charge in [-0.15, -0.1) is 0 Å². The van der Waals surface area contributed by atoms with E-state index in [0.29, 0.717) is 9.52 Å². The molecular weight excluding hydrogens is 104 g/mol. The van der Waals surface area contributed by atoms with Gasteiger partial charge >= 0.3 is 0 Å². The number of hydrogen-bond donors (Lipinski definition) is 0. The van der Waals surface area contributed by atoms with Gasteiger partial charge in [-0.25, -0.2) is 0 Å². The van der Waals surface area contributed by atoms with Crippen molar-refractivity contribution in [2.45, 2.75) is 13.0 Å². The van der Waals surface area contributed by atoms with Crippen LogP contribution < -0.4 is 0 Å². The van der Waals surface area contributed by atoms with Gasteiger partial charge in [-0.3, -0.25) is 0 Å². The van der Waals surface area contributed by atoms with Crippen LogP contribution in [0, 0.1) is 0 Å². The van der Waals surface area contributed by atoms with E-state index in [-0.39, 0.29) is 5.41 Å². The molecule has 0 aromatic heterocycles. The van der Waals surface area contributed by atoms with Gasteiger partial charge < -0.3 is 4.79 Å². The highest BCUT2D eigenvalue weighted by molar-refractivity contribution is 6.76. The van der Waals surface area contributed by atoms with Gasteiger partial charge in [0.25, 0.3) is 0 Å². The summed E-state index contributed by atoms with van der Waals surface area (Å²) in [6.45, 7) is 5.32. The van der Waals surface area contributed by atoms with Crippen molar-refractivity contribution < 1.29 is 4.79 Å². The summed E-state index contributed by atoms with van der Waals surface area (Å²) in [5.74, 6) is 0. The largest absolute Gasteiger partial charge is 0.301 e. The first-order valence-electron chi connectivity index (χ1n) is 2.21. The molecule has 0 aliphatic heterocycles. The molecule has 0 aromatic rings. The van der Waals surface area contributed by atoms with Gasteiger partial charge in [0, 0.05) is 0 Å². The van der Waals surface area contributed by atoms with Crippen molar-refractivity contribution in [2.75, 3.05) is 0 Å². The van der Waals surface area contributed by atoms with Gasteiger partial charge in [-0.1, -0.05) is 19.5 Å². The van der Waals surface area contributed by atoms with E-state index in [2.05, 4.69) is 6.58 Å². The lowest BCUT2D eigenvalue weighted by atomic mass is 10.7. The fraction of sp³-hybridized carbons (Fsp3) is 0.400. The maximum atomic E-state index is 10.3. The number of carbonyl (C=O) groups is 1. The van der Waals surface area contributed by atoms with Crippen LogP contribution >= 0.6 is 0 Å². The fourth-order valence-corrected chi connectivity index (χ4v) is 0.739. The van der Waals surface area contributed by atoms with Crippen LogP contribution in [0.4, 0.5) is 0 Å². The Hall–Kier alpha value is -0.373. The zero-order valence-electron chi connectivity index (χ0n) is 4.40. The Balaban J connectivity index is 3.17. The third-order valence-electron chi connectivity index (χ3n) is 0.536. The average Bonchev–Trinajstić information content (AvgIpc) is 1.68. The van der Waals surface area contributed by atoms with Crippen LogP contribution in [0.3, 0.4) is 0 Å². The Morgan fingerprint density at radius 1 is 2.00 bits per heavy atom. The zero-order valence-corrected chi connectivity index (χ0v) is 5.40. The Kier molecular flexibility index (Phi) is 3.60. The average molecular weight is 112 g/mol. The van der Waals surface area contributed by atoms with Crippen molar-refractivity contribution in [3.63, 3.8) is 0 Å². The quantitative estimate of drug-likeness (QED) is 0.390. The topological polar surface area (TPSA) is 17.1 Å². The van der Waals surface area contributed by atoms with Crippen molar-refractivity contribution in [2.24, 2.45) is 0 Å². The predicted molar refractivity (Wildman–Crippen MR) is 31.4 cm³/mol. The maximum absolute atomic E-state index is 10.3. The van der Waals surface area contributed by atoms with E-state index in [0.717, 1.165) is 6.04 Å². The molecule has 7 heavy (non-hydrogen) atoms. The molecular formula is C5H8OSi. The molecule has 0 spiro atoms. The van der Waals surface area contributed by atoms with Crippen LogP contribution in [0.2, 0.25) is 6.04 Å². The summed E-state index contributed by atoms with van der Waals surface area (Å²) in [4.78, 5) is 10.3. The first-order chi connectivity index (χ1) is 3.31. The first kappa shape index (κ1) is 6.63. The third-order valence-corrected chi connectivity index (χ3v) is 1.44. The number of carbonyl (C=O) groups excluding carboxylic acids is 1. The van der Waals surface area contributed by atoms with Crippen LogP contribution in [0.25, 0.3) is 0 Å². The molecule has 0 bridgehead atoms. The molecule has 0 rings (SSSR count). The molecule has 0 saturated carbocycles. The summed E-state index contributed by atoms with van der Waals surface area (Å²) in [6, 6.07) is 0.949. The Morgan fingerprint density at radius 2 is 2.57 bits per heavy atom. The van der Waals surface area contributed by atoms with Crippen LogP contribution in [0.5, 0.6) is 0 Å². The van der Waals surface area contributed by atoms with Crippen molar-refractivity contribution in [3.05, 3.63) is 12.7 Å². The van der Waals surface area contributed by atoms with Crippen LogP contribution in [-0.4, -0.2) is 14.9 Å². The summed E-state index contributed by atoms with van der Waals surface area (Å²) in [7, 11) is 0.432. The minimum Gasteiger partial charge on any atom is -0.301 e. The van der Waals surface area contributed by atoms with Gasteiger partial charge in [0.15, 0.2) is 0 Å². The molecule has 2 heteroatoms. The first-order valence-corrected chi connectivity index (χ1v) is 3.42. The van der Waals surface area contributed by atoms with E-state index in [1.165, 1.54) is 6.08 Å². The molecule has 0 saturated heterocycles. The van der Waals surface area contributed by atoms with Crippen LogP contribution in [0.15, 0.2) is 12.7 Å². The second-order valence-corrected chi connectivity index (χ2v) is 2.65. The highest BCUT2D eigenvalue weighted by Gasteiger charge is 1.90. The lowest BCUT2D eigenvalue weighted by Crippen LogP contribution is -2.01. The third kappa shape index (κ3) is 3.46. The van der Waals surface area contributed by atoms with E-state index in [1.54, 1.807) is 0 Å². The summed E-state index contributed by atoms with van der Waals surface area (Å²) < 4.78 is 0. The number of rotatable bonds is 3. The Labute approximate surface area is 46.2 Å². The summed E-state index contributed by atoms with van der Waals surface area (Å²) in [6.07, 6.45) is 1.38. The smallest absolute Gasteiger partial charge is 0.138 e. The second-order valence-electron chi connectivity index (χ2n) is 1.10. The number of allylic oxidation sites excluding steroid dienone is 1. The van der Waals surface area contributed by atoms with Gasteiger partial charge in [0.1, 0.15) is 14.9 Å². The molecule has 0 aliphatic rings. The maximum Gasteiger partial charge on any atom is 0.138 e. The van der Waals surface area contributed by atoms with Crippen molar-refractivity contribution in [1.29, 1.82) is 0 Å². The van der Waals surface area contributed by atoms with E-state index in [4.69, 9.17) is 0 Å². The Bertz CT molecular complexity index is 78.1. The normalized spacial score (nSPS) is 8.14. The standard InChI is InChI=1S/C5H8OSi/c1-3-5(6)7-4-2/h3H,1,4H2,2H3. The van der Waals surface area contributed by atoms with E-state index >= 15 is 0 Å². The van der Waals surface area contributed by atoms with E-state index in [9.17, 15) is 4.79 Å². The zero-order chi connectivity index (χ0) is 5.70. The summed E-state index contributed by atoms with van der Waals surface area (Å²) in [5.41, 5.74) is 0. The fourth-order valence-electron chi connectivity index (χ4n) is 0.246. The molecule has 0 fully saturated rings. The molecule has 0 heterocycles. The molecule has 38 valence electrons. The van der Waals surface area contributed by atoms with E-state index in [1.807, 2.05) is 6.92 Å². The van der Waals surface area contributed by atoms with Crippen molar-refractivity contribution >= 4 is 14.9 Å². The molecule has 0 aliphatic carbocycles. The number of hydrogen-bond acceptors (Lipinski definition) is 1. The van der Waals surface area contributed by atoms with Crippen molar-refractivity contribution in [1.82, 2.24) is 0 Å². The lowest BCUT2D eigenvalue weighted by Gasteiger charge is -1.80. The molecule has 1 nitrogen and oxygen atoms in total. The Morgan fingerprint density at radius 3 is 2.71 bits per heavy atom. The second kappa shape index (κ2) is 3.80. The minimum atomic E-state index is 0.169. The monoisotopic (exact) mass is 112 g/mol. The highest BCUT2D eigenvalue weighted by Crippen LogP contribution is 1.75. The van der Waals surface area contributed by atoms with E-state index < -0.39 is 0 Å².